The number of aromatic nitrogens is 3. The predicted octanol–water partition coefficient (Wildman–Crippen LogP) is 2.91. The first-order valence-corrected chi connectivity index (χ1v) is 8.68. The van der Waals surface area contributed by atoms with E-state index in [0.29, 0.717) is 12.5 Å². The molecule has 0 saturated carbocycles. The zero-order valence-electron chi connectivity index (χ0n) is 14.2. The van der Waals surface area contributed by atoms with E-state index in [9.17, 15) is 0 Å². The monoisotopic (exact) mass is 313 g/mol. The van der Waals surface area contributed by atoms with Crippen LogP contribution >= 0.6 is 0 Å². The first-order chi connectivity index (χ1) is 11.2. The maximum Gasteiger partial charge on any atom is 0.0999 e. The number of hydrogen-bond donors (Lipinski definition) is 1. The number of piperidine rings is 1. The van der Waals surface area contributed by atoms with E-state index in [-0.39, 0.29) is 0 Å². The predicted molar refractivity (Wildman–Crippen MR) is 93.9 cm³/mol. The maximum absolute atomic E-state index is 5.82. The van der Waals surface area contributed by atoms with Crippen LogP contribution in [0.25, 0.3) is 5.69 Å². The van der Waals surface area contributed by atoms with Gasteiger partial charge in [0.05, 0.1) is 17.1 Å². The van der Waals surface area contributed by atoms with Crippen LogP contribution in [0.5, 0.6) is 0 Å². The molecule has 0 amide bonds. The highest BCUT2D eigenvalue weighted by Gasteiger charge is 2.15. The molecular formula is C18H27N5. The summed E-state index contributed by atoms with van der Waals surface area (Å²) < 4.78 is 1.95. The normalized spacial score (nSPS) is 15.4. The van der Waals surface area contributed by atoms with Crippen molar-refractivity contribution in [3.63, 3.8) is 0 Å². The van der Waals surface area contributed by atoms with E-state index in [1.165, 1.54) is 38.0 Å². The van der Waals surface area contributed by atoms with E-state index < -0.39 is 0 Å². The Morgan fingerprint density at radius 3 is 2.30 bits per heavy atom. The molecule has 0 spiro atoms. The molecule has 0 aliphatic carbocycles. The van der Waals surface area contributed by atoms with Crippen molar-refractivity contribution in [3.8, 4) is 5.69 Å². The average Bonchev–Trinajstić information content (AvgIpc) is 2.98. The number of hydrogen-bond acceptors (Lipinski definition) is 4. The summed E-state index contributed by atoms with van der Waals surface area (Å²) in [6.45, 7) is 7.18. The standard InChI is InChI=1S/C18H27N5/c1-14(2)12-18-17(13-19)20-21-23(18)16-8-6-15(7-9-16)22-10-4-3-5-11-22/h6-9,14H,3-5,10-13,19H2,1-2H3. The number of nitrogens with two attached hydrogens (primary N) is 1. The van der Waals surface area contributed by atoms with Gasteiger partial charge in [0.25, 0.3) is 0 Å². The van der Waals surface area contributed by atoms with E-state index in [4.69, 9.17) is 5.73 Å². The van der Waals surface area contributed by atoms with Crippen molar-refractivity contribution >= 4 is 5.69 Å². The zero-order valence-corrected chi connectivity index (χ0v) is 14.2. The summed E-state index contributed by atoms with van der Waals surface area (Å²) in [5.74, 6) is 0.546. The lowest BCUT2D eigenvalue weighted by Crippen LogP contribution is -2.29. The minimum atomic E-state index is 0.438. The second-order valence-electron chi connectivity index (χ2n) is 6.76. The molecule has 2 heterocycles. The summed E-state index contributed by atoms with van der Waals surface area (Å²) >= 11 is 0. The molecular weight excluding hydrogens is 286 g/mol. The van der Waals surface area contributed by atoms with E-state index in [0.717, 1.165) is 23.5 Å². The van der Waals surface area contributed by atoms with Crippen molar-refractivity contribution in [2.45, 2.75) is 46.1 Å². The van der Waals surface area contributed by atoms with Gasteiger partial charge < -0.3 is 10.6 Å². The second-order valence-corrected chi connectivity index (χ2v) is 6.76. The fraction of sp³-hybridized carbons (Fsp3) is 0.556. The van der Waals surface area contributed by atoms with Crippen LogP contribution < -0.4 is 10.6 Å². The van der Waals surface area contributed by atoms with Gasteiger partial charge in [-0.3, -0.25) is 0 Å². The van der Waals surface area contributed by atoms with Crippen molar-refractivity contribution in [3.05, 3.63) is 35.7 Å². The molecule has 1 aromatic carbocycles. The molecule has 2 N–H and O–H groups in total. The van der Waals surface area contributed by atoms with Crippen LogP contribution in [-0.2, 0) is 13.0 Å². The van der Waals surface area contributed by atoms with Crippen LogP contribution in [-0.4, -0.2) is 28.1 Å². The van der Waals surface area contributed by atoms with E-state index in [1.54, 1.807) is 0 Å². The van der Waals surface area contributed by atoms with Gasteiger partial charge in [0.2, 0.25) is 0 Å². The number of rotatable bonds is 5. The number of anilines is 1. The highest BCUT2D eigenvalue weighted by Crippen LogP contribution is 2.23. The van der Waals surface area contributed by atoms with Crippen molar-refractivity contribution in [1.82, 2.24) is 15.0 Å². The first-order valence-electron chi connectivity index (χ1n) is 8.68. The Bertz CT molecular complexity index is 623. The molecule has 5 nitrogen and oxygen atoms in total. The fourth-order valence-corrected chi connectivity index (χ4v) is 3.25. The van der Waals surface area contributed by atoms with Crippen molar-refractivity contribution in [2.24, 2.45) is 11.7 Å². The van der Waals surface area contributed by atoms with Crippen molar-refractivity contribution in [2.75, 3.05) is 18.0 Å². The van der Waals surface area contributed by atoms with Crippen LogP contribution in [0.4, 0.5) is 5.69 Å². The van der Waals surface area contributed by atoms with Gasteiger partial charge in [-0.2, -0.15) is 0 Å². The summed E-state index contributed by atoms with van der Waals surface area (Å²) in [6.07, 6.45) is 4.88. The Morgan fingerprint density at radius 1 is 1.04 bits per heavy atom. The molecule has 2 aromatic rings. The third-order valence-corrected chi connectivity index (χ3v) is 4.45. The lowest BCUT2D eigenvalue weighted by atomic mass is 10.1. The number of nitrogens with zero attached hydrogens (tertiary/aromatic N) is 4. The van der Waals surface area contributed by atoms with Gasteiger partial charge in [-0.25, -0.2) is 4.68 Å². The first kappa shape index (κ1) is 16.0. The maximum atomic E-state index is 5.82. The Morgan fingerprint density at radius 2 is 1.70 bits per heavy atom. The minimum Gasteiger partial charge on any atom is -0.372 e. The van der Waals surface area contributed by atoms with Crippen molar-refractivity contribution < 1.29 is 0 Å². The Labute approximate surface area is 138 Å². The largest absolute Gasteiger partial charge is 0.372 e. The van der Waals surface area contributed by atoms with E-state index in [1.807, 2.05) is 4.68 Å². The molecule has 1 aliphatic rings. The van der Waals surface area contributed by atoms with Gasteiger partial charge in [0, 0.05) is 25.3 Å². The van der Waals surface area contributed by atoms with Gasteiger partial charge >= 0.3 is 0 Å². The lowest BCUT2D eigenvalue weighted by Gasteiger charge is -2.28. The molecule has 124 valence electrons. The molecule has 0 radical (unpaired) electrons. The molecule has 1 saturated heterocycles. The molecule has 5 heteroatoms. The van der Waals surface area contributed by atoms with Crippen molar-refractivity contribution in [1.29, 1.82) is 0 Å². The Balaban J connectivity index is 1.85. The summed E-state index contributed by atoms with van der Waals surface area (Å²) in [7, 11) is 0. The average molecular weight is 313 g/mol. The minimum absolute atomic E-state index is 0.438. The van der Waals surface area contributed by atoms with E-state index in [2.05, 4.69) is 53.3 Å². The molecule has 23 heavy (non-hydrogen) atoms. The third-order valence-electron chi connectivity index (χ3n) is 4.45. The summed E-state index contributed by atoms with van der Waals surface area (Å²) in [6, 6.07) is 8.68. The third kappa shape index (κ3) is 3.55. The highest BCUT2D eigenvalue weighted by atomic mass is 15.4. The fourth-order valence-electron chi connectivity index (χ4n) is 3.25. The molecule has 0 atom stereocenters. The van der Waals surface area contributed by atoms with Gasteiger partial charge in [-0.1, -0.05) is 19.1 Å². The van der Waals surface area contributed by atoms with Crippen LogP contribution in [0.3, 0.4) is 0 Å². The van der Waals surface area contributed by atoms with Crippen LogP contribution in [0.2, 0.25) is 0 Å². The molecule has 0 unspecified atom stereocenters. The zero-order chi connectivity index (χ0) is 16.2. The van der Waals surface area contributed by atoms with Crippen LogP contribution in [0.1, 0.15) is 44.5 Å². The molecule has 1 aromatic heterocycles. The smallest absolute Gasteiger partial charge is 0.0999 e. The number of benzene rings is 1. The molecule has 1 aliphatic heterocycles. The Hall–Kier alpha value is -1.88. The summed E-state index contributed by atoms with van der Waals surface area (Å²) in [5.41, 5.74) is 10.2. The quantitative estimate of drug-likeness (QED) is 0.922. The Kier molecular flexibility index (Phi) is 4.96. The molecule has 3 rings (SSSR count). The second kappa shape index (κ2) is 7.13. The SMILES string of the molecule is CC(C)Cc1c(CN)nnn1-c1ccc(N2CCCCC2)cc1. The van der Waals surface area contributed by atoms with Gasteiger partial charge in [-0.05, 0) is 55.9 Å². The topological polar surface area (TPSA) is 60.0 Å². The van der Waals surface area contributed by atoms with Gasteiger partial charge in [0.15, 0.2) is 0 Å². The summed E-state index contributed by atoms with van der Waals surface area (Å²) in [4.78, 5) is 2.47. The van der Waals surface area contributed by atoms with Crippen LogP contribution in [0.15, 0.2) is 24.3 Å². The lowest BCUT2D eigenvalue weighted by molar-refractivity contribution is 0.577. The summed E-state index contributed by atoms with van der Waals surface area (Å²) in [5, 5.41) is 8.58. The van der Waals surface area contributed by atoms with Gasteiger partial charge in [-0.15, -0.1) is 5.10 Å². The van der Waals surface area contributed by atoms with Crippen LogP contribution in [0, 0.1) is 5.92 Å². The van der Waals surface area contributed by atoms with E-state index >= 15 is 0 Å². The highest BCUT2D eigenvalue weighted by molar-refractivity contribution is 5.51. The van der Waals surface area contributed by atoms with Gasteiger partial charge in [0.1, 0.15) is 0 Å². The molecule has 1 fully saturated rings. The molecule has 0 bridgehead atoms.